The highest BCUT2D eigenvalue weighted by Crippen LogP contribution is 2.32. The van der Waals surface area contributed by atoms with Crippen molar-refractivity contribution < 1.29 is 19.0 Å². The van der Waals surface area contributed by atoms with E-state index >= 15 is 0 Å². The first-order chi connectivity index (χ1) is 6.49. The molecular weight excluding hydrogens is 213 g/mol. The molecule has 0 aromatic heterocycles. The number of phenols is 1. The SMILES string of the molecule is COC(=O)c1c(O)c(N)cc(Cl)c1F. The van der Waals surface area contributed by atoms with Crippen LogP contribution < -0.4 is 5.73 Å². The maximum Gasteiger partial charge on any atom is 0.344 e. The molecular formula is C8H7ClFNO3. The molecule has 1 rings (SSSR count). The van der Waals surface area contributed by atoms with Gasteiger partial charge in [0.25, 0.3) is 0 Å². The first-order valence-corrected chi connectivity index (χ1v) is 3.91. The summed E-state index contributed by atoms with van der Waals surface area (Å²) < 4.78 is 17.5. The fourth-order valence-corrected chi connectivity index (χ4v) is 1.14. The largest absolute Gasteiger partial charge is 0.505 e. The highest BCUT2D eigenvalue weighted by Gasteiger charge is 2.22. The first kappa shape index (κ1) is 10.6. The van der Waals surface area contributed by atoms with Crippen molar-refractivity contribution in [2.24, 2.45) is 0 Å². The molecule has 3 N–H and O–H groups in total. The number of benzene rings is 1. The van der Waals surface area contributed by atoms with Crippen molar-refractivity contribution in [3.63, 3.8) is 0 Å². The van der Waals surface area contributed by atoms with Crippen molar-refractivity contribution in [2.75, 3.05) is 12.8 Å². The Labute approximate surface area is 84.0 Å². The number of hydrogen-bond acceptors (Lipinski definition) is 4. The number of anilines is 1. The predicted octanol–water partition coefficient (Wildman–Crippen LogP) is 1.55. The summed E-state index contributed by atoms with van der Waals surface area (Å²) in [7, 11) is 1.05. The molecule has 0 spiro atoms. The molecule has 0 unspecified atom stereocenters. The number of rotatable bonds is 1. The number of aromatic hydroxyl groups is 1. The second-order valence-electron chi connectivity index (χ2n) is 2.48. The number of carbonyl (C=O) groups excluding carboxylic acids is 1. The minimum Gasteiger partial charge on any atom is -0.505 e. The van der Waals surface area contributed by atoms with Gasteiger partial charge in [0, 0.05) is 0 Å². The van der Waals surface area contributed by atoms with Crippen LogP contribution in [0.1, 0.15) is 10.4 Å². The van der Waals surface area contributed by atoms with Gasteiger partial charge >= 0.3 is 5.97 Å². The summed E-state index contributed by atoms with van der Waals surface area (Å²) in [6.07, 6.45) is 0. The normalized spacial score (nSPS) is 9.93. The van der Waals surface area contributed by atoms with E-state index in [0.717, 1.165) is 13.2 Å². The van der Waals surface area contributed by atoms with Crippen LogP contribution >= 0.6 is 11.6 Å². The van der Waals surface area contributed by atoms with E-state index in [-0.39, 0.29) is 10.7 Å². The standard InChI is InChI=1S/C8H7ClFNO3/c1-14-8(13)5-6(10)3(9)2-4(11)7(5)12/h2,12H,11H2,1H3. The third-order valence-electron chi connectivity index (χ3n) is 1.61. The first-order valence-electron chi connectivity index (χ1n) is 3.53. The van der Waals surface area contributed by atoms with Crippen LogP contribution in [0.15, 0.2) is 6.07 Å². The topological polar surface area (TPSA) is 72.5 Å². The third kappa shape index (κ3) is 1.58. The Morgan fingerprint density at radius 1 is 1.71 bits per heavy atom. The minimum atomic E-state index is -1.05. The molecule has 4 nitrogen and oxygen atoms in total. The van der Waals surface area contributed by atoms with E-state index in [9.17, 15) is 14.3 Å². The second kappa shape index (κ2) is 3.71. The van der Waals surface area contributed by atoms with Gasteiger partial charge in [0.2, 0.25) is 0 Å². The van der Waals surface area contributed by atoms with Gasteiger partial charge in [-0.3, -0.25) is 0 Å². The molecule has 0 atom stereocenters. The van der Waals surface area contributed by atoms with Crippen LogP contribution in [0.4, 0.5) is 10.1 Å². The van der Waals surface area contributed by atoms with E-state index in [4.69, 9.17) is 17.3 Å². The lowest BCUT2D eigenvalue weighted by molar-refractivity contribution is 0.0592. The van der Waals surface area contributed by atoms with Crippen LogP contribution in [0, 0.1) is 5.82 Å². The Morgan fingerprint density at radius 2 is 2.29 bits per heavy atom. The Kier molecular flexibility index (Phi) is 2.81. The van der Waals surface area contributed by atoms with E-state index in [1.807, 2.05) is 0 Å². The van der Waals surface area contributed by atoms with Crippen LogP contribution in [0.3, 0.4) is 0 Å². The molecule has 0 saturated carbocycles. The van der Waals surface area contributed by atoms with Crippen molar-refractivity contribution in [1.82, 2.24) is 0 Å². The van der Waals surface area contributed by atoms with Gasteiger partial charge in [-0.1, -0.05) is 11.6 Å². The average Bonchev–Trinajstić information content (AvgIpc) is 2.15. The van der Waals surface area contributed by atoms with E-state index in [2.05, 4.69) is 4.74 Å². The van der Waals surface area contributed by atoms with Gasteiger partial charge in [0.15, 0.2) is 11.6 Å². The number of halogens is 2. The summed E-state index contributed by atoms with van der Waals surface area (Å²) in [5.74, 6) is -2.75. The zero-order chi connectivity index (χ0) is 10.9. The molecule has 1 aromatic carbocycles. The lowest BCUT2D eigenvalue weighted by atomic mass is 10.1. The summed E-state index contributed by atoms with van der Waals surface area (Å²) >= 11 is 5.42. The van der Waals surface area contributed by atoms with Crippen molar-refractivity contribution in [3.8, 4) is 5.75 Å². The van der Waals surface area contributed by atoms with E-state index in [1.54, 1.807) is 0 Å². The summed E-state index contributed by atoms with van der Waals surface area (Å²) in [5.41, 5.74) is 4.44. The zero-order valence-electron chi connectivity index (χ0n) is 7.17. The zero-order valence-corrected chi connectivity index (χ0v) is 7.93. The highest BCUT2D eigenvalue weighted by atomic mass is 35.5. The van der Waals surface area contributed by atoms with Gasteiger partial charge in [-0.05, 0) is 6.07 Å². The smallest absolute Gasteiger partial charge is 0.344 e. The monoisotopic (exact) mass is 219 g/mol. The maximum atomic E-state index is 13.2. The molecule has 0 radical (unpaired) electrons. The number of nitrogen functional groups attached to an aromatic ring is 1. The van der Waals surface area contributed by atoms with Gasteiger partial charge < -0.3 is 15.6 Å². The number of methoxy groups -OCH3 is 1. The Bertz CT molecular complexity index is 368. The fraction of sp³-hybridized carbons (Fsp3) is 0.125. The Hall–Kier alpha value is -1.49. The van der Waals surface area contributed by atoms with Crippen LogP contribution in [0.25, 0.3) is 0 Å². The molecule has 1 aromatic rings. The quantitative estimate of drug-likeness (QED) is 0.427. The van der Waals surface area contributed by atoms with Crippen molar-refractivity contribution in [1.29, 1.82) is 0 Å². The Morgan fingerprint density at radius 3 is 2.79 bits per heavy atom. The predicted molar refractivity (Wildman–Crippen MR) is 48.8 cm³/mol. The van der Waals surface area contributed by atoms with Gasteiger partial charge in [0.1, 0.15) is 5.56 Å². The molecule has 0 fully saturated rings. The summed E-state index contributed by atoms with van der Waals surface area (Å²) in [5, 5.41) is 8.93. The van der Waals surface area contributed by atoms with E-state index < -0.39 is 23.1 Å². The van der Waals surface area contributed by atoms with Gasteiger partial charge in [-0.15, -0.1) is 0 Å². The van der Waals surface area contributed by atoms with Crippen LogP contribution in [0.5, 0.6) is 5.75 Å². The molecule has 0 saturated heterocycles. The molecule has 6 heteroatoms. The summed E-state index contributed by atoms with van der Waals surface area (Å²) in [4.78, 5) is 11.0. The number of ether oxygens (including phenoxy) is 1. The van der Waals surface area contributed by atoms with Crippen molar-refractivity contribution in [3.05, 3.63) is 22.5 Å². The van der Waals surface area contributed by atoms with Crippen LogP contribution in [0.2, 0.25) is 5.02 Å². The van der Waals surface area contributed by atoms with Crippen molar-refractivity contribution in [2.45, 2.75) is 0 Å². The van der Waals surface area contributed by atoms with Gasteiger partial charge in [-0.2, -0.15) is 0 Å². The molecule has 0 heterocycles. The molecule has 0 bridgehead atoms. The van der Waals surface area contributed by atoms with Gasteiger partial charge in [-0.25, -0.2) is 9.18 Å². The molecule has 14 heavy (non-hydrogen) atoms. The molecule has 0 aliphatic carbocycles. The lowest BCUT2D eigenvalue weighted by Gasteiger charge is -2.07. The number of hydrogen-bond donors (Lipinski definition) is 2. The molecule has 0 amide bonds. The molecule has 76 valence electrons. The lowest BCUT2D eigenvalue weighted by Crippen LogP contribution is -2.07. The highest BCUT2D eigenvalue weighted by molar-refractivity contribution is 6.31. The molecule has 0 aliphatic heterocycles. The number of nitrogens with two attached hydrogens (primary N) is 1. The van der Waals surface area contributed by atoms with Crippen molar-refractivity contribution >= 4 is 23.3 Å². The number of phenolic OH excluding ortho intramolecular Hbond substituents is 1. The summed E-state index contributed by atoms with van der Waals surface area (Å²) in [6.45, 7) is 0. The second-order valence-corrected chi connectivity index (χ2v) is 2.88. The van der Waals surface area contributed by atoms with Crippen LogP contribution in [-0.2, 0) is 4.74 Å². The number of carbonyl (C=O) groups is 1. The fourth-order valence-electron chi connectivity index (χ4n) is 0.924. The van der Waals surface area contributed by atoms with E-state index in [0.29, 0.717) is 0 Å². The maximum absolute atomic E-state index is 13.2. The average molecular weight is 220 g/mol. The molecule has 0 aliphatic rings. The number of esters is 1. The van der Waals surface area contributed by atoms with Gasteiger partial charge in [0.05, 0.1) is 17.8 Å². The van der Waals surface area contributed by atoms with E-state index in [1.165, 1.54) is 0 Å². The third-order valence-corrected chi connectivity index (χ3v) is 1.89. The Balaban J connectivity index is 3.47. The van der Waals surface area contributed by atoms with Crippen LogP contribution in [-0.4, -0.2) is 18.2 Å². The summed E-state index contributed by atoms with van der Waals surface area (Å²) in [6, 6.07) is 1.01. The minimum absolute atomic E-state index is 0.184.